The molecule has 0 aliphatic heterocycles. The van der Waals surface area contributed by atoms with Crippen molar-refractivity contribution < 1.29 is 0 Å². The third kappa shape index (κ3) is 2.11. The molecule has 0 fully saturated rings. The van der Waals surface area contributed by atoms with Crippen molar-refractivity contribution in [3.63, 3.8) is 0 Å². The first-order chi connectivity index (χ1) is 9.58. The molecule has 0 bridgehead atoms. The van der Waals surface area contributed by atoms with Crippen LogP contribution >= 0.6 is 22.9 Å². The van der Waals surface area contributed by atoms with Crippen LogP contribution in [0.15, 0.2) is 18.2 Å². The normalized spacial score (nSPS) is 10.7. The van der Waals surface area contributed by atoms with Gasteiger partial charge in [-0.25, -0.2) is 4.98 Å². The monoisotopic (exact) mass is 303 g/mol. The molecule has 2 aromatic heterocycles. The molecule has 0 aliphatic carbocycles. The Labute approximate surface area is 124 Å². The zero-order valence-corrected chi connectivity index (χ0v) is 12.4. The lowest BCUT2D eigenvalue weighted by Crippen LogP contribution is -1.99. The van der Waals surface area contributed by atoms with Gasteiger partial charge in [-0.3, -0.25) is 4.68 Å². The summed E-state index contributed by atoms with van der Waals surface area (Å²) >= 11 is 7.45. The molecule has 2 heterocycles. The minimum absolute atomic E-state index is 0.532. The molecule has 0 atom stereocenters. The Hall–Kier alpha value is -2.10. The largest absolute Gasteiger partial charge is 0.315 e. The molecule has 100 valence electrons. The fourth-order valence-electron chi connectivity index (χ4n) is 1.99. The maximum atomic E-state index is 9.19. The van der Waals surface area contributed by atoms with Gasteiger partial charge in [0.2, 0.25) is 0 Å². The molecule has 1 aromatic carbocycles. The fourth-order valence-corrected chi connectivity index (χ4v) is 3.13. The fraction of sp³-hybridized carbons (Fsp3) is 0.154. The molecule has 3 rings (SSSR count). The number of hydrogen-bond acceptors (Lipinski definition) is 5. The highest BCUT2D eigenvalue weighted by Gasteiger charge is 2.14. The topological polar surface area (TPSA) is 66.5 Å². The SMILES string of the molecule is Cc1nn(C)c(Nc2nc3ccc(Cl)cc3s2)c1C#N. The second kappa shape index (κ2) is 4.78. The Morgan fingerprint density at radius 3 is 3.00 bits per heavy atom. The summed E-state index contributed by atoms with van der Waals surface area (Å²) < 4.78 is 2.64. The van der Waals surface area contributed by atoms with Crippen LogP contribution in [-0.4, -0.2) is 14.8 Å². The Morgan fingerprint density at radius 2 is 2.25 bits per heavy atom. The van der Waals surface area contributed by atoms with E-state index in [0.717, 1.165) is 10.2 Å². The van der Waals surface area contributed by atoms with E-state index in [1.807, 2.05) is 25.1 Å². The molecular formula is C13H10ClN5S. The van der Waals surface area contributed by atoms with E-state index in [1.54, 1.807) is 11.7 Å². The van der Waals surface area contributed by atoms with Gasteiger partial charge in [0.15, 0.2) is 5.13 Å². The van der Waals surface area contributed by atoms with Crippen molar-refractivity contribution in [2.24, 2.45) is 7.05 Å². The second-order valence-corrected chi connectivity index (χ2v) is 5.77. The number of rotatable bonds is 2. The number of nitrogens with zero attached hydrogens (tertiary/aromatic N) is 4. The van der Waals surface area contributed by atoms with Gasteiger partial charge in [-0.05, 0) is 25.1 Å². The van der Waals surface area contributed by atoms with Crippen molar-refractivity contribution in [2.45, 2.75) is 6.92 Å². The van der Waals surface area contributed by atoms with E-state index in [4.69, 9.17) is 11.6 Å². The lowest BCUT2D eigenvalue weighted by atomic mass is 10.3. The minimum Gasteiger partial charge on any atom is -0.315 e. The number of nitriles is 1. The number of hydrogen-bond donors (Lipinski definition) is 1. The first-order valence-electron chi connectivity index (χ1n) is 5.85. The highest BCUT2D eigenvalue weighted by atomic mass is 35.5. The van der Waals surface area contributed by atoms with Crippen molar-refractivity contribution >= 4 is 44.1 Å². The van der Waals surface area contributed by atoms with Crippen LogP contribution in [0.5, 0.6) is 0 Å². The van der Waals surface area contributed by atoms with Gasteiger partial charge in [0, 0.05) is 12.1 Å². The van der Waals surface area contributed by atoms with Gasteiger partial charge < -0.3 is 5.32 Å². The summed E-state index contributed by atoms with van der Waals surface area (Å²) in [5.74, 6) is 0.648. The molecule has 1 N–H and O–H groups in total. The standard InChI is InChI=1S/C13H10ClN5S/c1-7-9(6-15)12(19(2)18-7)17-13-16-10-4-3-8(14)5-11(10)20-13/h3-5H,1-2H3,(H,16,17). The van der Waals surface area contributed by atoms with E-state index in [1.165, 1.54) is 11.3 Å². The third-order valence-electron chi connectivity index (χ3n) is 2.91. The number of nitrogens with one attached hydrogen (secondary N) is 1. The Kier molecular flexibility index (Phi) is 3.08. The summed E-state index contributed by atoms with van der Waals surface area (Å²) in [5, 5.41) is 18.0. The van der Waals surface area contributed by atoms with Crippen LogP contribution in [-0.2, 0) is 7.05 Å². The number of anilines is 2. The van der Waals surface area contributed by atoms with Crippen LogP contribution in [0.4, 0.5) is 10.9 Å². The first-order valence-corrected chi connectivity index (χ1v) is 7.04. The predicted octanol–water partition coefficient (Wildman–Crippen LogP) is 3.61. The van der Waals surface area contributed by atoms with E-state index in [-0.39, 0.29) is 0 Å². The number of benzene rings is 1. The molecular weight excluding hydrogens is 294 g/mol. The zero-order valence-electron chi connectivity index (χ0n) is 10.8. The predicted molar refractivity (Wildman–Crippen MR) is 80.6 cm³/mol. The molecule has 0 aliphatic rings. The van der Waals surface area contributed by atoms with E-state index in [2.05, 4.69) is 21.5 Å². The quantitative estimate of drug-likeness (QED) is 0.785. The number of fused-ring (bicyclic) bond motifs is 1. The molecule has 0 amide bonds. The number of aromatic nitrogens is 3. The zero-order chi connectivity index (χ0) is 14.3. The number of halogens is 1. The Balaban J connectivity index is 2.03. The maximum absolute atomic E-state index is 9.19. The summed E-state index contributed by atoms with van der Waals surface area (Å²) in [5.41, 5.74) is 2.10. The molecule has 0 unspecified atom stereocenters. The van der Waals surface area contributed by atoms with Crippen molar-refractivity contribution in [1.29, 1.82) is 5.26 Å². The summed E-state index contributed by atoms with van der Waals surface area (Å²) in [6, 6.07) is 7.71. The Bertz CT molecular complexity index is 842. The van der Waals surface area contributed by atoms with Gasteiger partial charge in [0.1, 0.15) is 17.5 Å². The van der Waals surface area contributed by atoms with E-state index >= 15 is 0 Å². The highest BCUT2D eigenvalue weighted by molar-refractivity contribution is 7.22. The number of aryl methyl sites for hydroxylation is 2. The highest BCUT2D eigenvalue weighted by Crippen LogP contribution is 2.31. The van der Waals surface area contributed by atoms with Gasteiger partial charge in [-0.1, -0.05) is 22.9 Å². The molecule has 5 nitrogen and oxygen atoms in total. The van der Waals surface area contributed by atoms with E-state index < -0.39 is 0 Å². The lowest BCUT2D eigenvalue weighted by Gasteiger charge is -2.02. The molecule has 7 heteroatoms. The molecule has 0 saturated heterocycles. The van der Waals surface area contributed by atoms with E-state index in [9.17, 15) is 5.26 Å². The summed E-state index contributed by atoms with van der Waals surface area (Å²) in [6.45, 7) is 1.81. The van der Waals surface area contributed by atoms with Crippen molar-refractivity contribution in [2.75, 3.05) is 5.32 Å². The van der Waals surface area contributed by atoms with Gasteiger partial charge in [-0.2, -0.15) is 10.4 Å². The summed E-state index contributed by atoms with van der Waals surface area (Å²) in [4.78, 5) is 4.47. The molecule has 0 saturated carbocycles. The minimum atomic E-state index is 0.532. The smallest absolute Gasteiger partial charge is 0.189 e. The van der Waals surface area contributed by atoms with Gasteiger partial charge in [0.25, 0.3) is 0 Å². The lowest BCUT2D eigenvalue weighted by molar-refractivity contribution is 0.765. The van der Waals surface area contributed by atoms with Gasteiger partial charge in [0.05, 0.1) is 15.9 Å². The van der Waals surface area contributed by atoms with Crippen molar-refractivity contribution in [1.82, 2.24) is 14.8 Å². The molecule has 20 heavy (non-hydrogen) atoms. The average molecular weight is 304 g/mol. The van der Waals surface area contributed by atoms with Crippen molar-refractivity contribution in [3.05, 3.63) is 34.5 Å². The van der Waals surface area contributed by atoms with Crippen LogP contribution in [0.1, 0.15) is 11.3 Å². The average Bonchev–Trinajstić information content (AvgIpc) is 2.90. The van der Waals surface area contributed by atoms with Gasteiger partial charge in [-0.15, -0.1) is 0 Å². The second-order valence-electron chi connectivity index (χ2n) is 4.30. The van der Waals surface area contributed by atoms with Crippen LogP contribution in [0.2, 0.25) is 5.02 Å². The van der Waals surface area contributed by atoms with Gasteiger partial charge >= 0.3 is 0 Å². The maximum Gasteiger partial charge on any atom is 0.189 e. The first kappa shape index (κ1) is 12.9. The van der Waals surface area contributed by atoms with Crippen LogP contribution in [0, 0.1) is 18.3 Å². The van der Waals surface area contributed by atoms with E-state index in [0.29, 0.717) is 27.2 Å². The van der Waals surface area contributed by atoms with Crippen LogP contribution in [0.3, 0.4) is 0 Å². The molecule has 0 radical (unpaired) electrons. The number of thiazole rings is 1. The van der Waals surface area contributed by atoms with Crippen molar-refractivity contribution in [3.8, 4) is 6.07 Å². The molecule has 0 spiro atoms. The Morgan fingerprint density at radius 1 is 1.45 bits per heavy atom. The third-order valence-corrected chi connectivity index (χ3v) is 4.08. The van der Waals surface area contributed by atoms with Crippen LogP contribution < -0.4 is 5.32 Å². The van der Waals surface area contributed by atoms with Crippen LogP contribution in [0.25, 0.3) is 10.2 Å². The molecule has 3 aromatic rings. The summed E-state index contributed by atoms with van der Waals surface area (Å²) in [7, 11) is 1.79. The summed E-state index contributed by atoms with van der Waals surface area (Å²) in [6.07, 6.45) is 0.